The number of aromatic nitrogens is 4. The van der Waals surface area contributed by atoms with Crippen molar-refractivity contribution in [1.82, 2.24) is 28.9 Å². The maximum absolute atomic E-state index is 13.3. The number of amidine groups is 1. The van der Waals surface area contributed by atoms with E-state index in [9.17, 15) is 43.2 Å². The molecule has 4 heterocycles. The molecular formula is C40H50ClN13O11S. The molecule has 13 N–H and O–H groups in total. The molecule has 6 amide bonds. The average Bonchev–Trinajstić information content (AvgIpc) is 4.01. The summed E-state index contributed by atoms with van der Waals surface area (Å²) >= 11 is 7.33. The van der Waals surface area contributed by atoms with Crippen LogP contribution in [-0.2, 0) is 52.2 Å². The lowest BCUT2D eigenvalue weighted by molar-refractivity contribution is -0.139. The second kappa shape index (κ2) is 23.0. The number of carbonyl (C=O) groups excluding carboxylic acids is 7. The number of hydrogen-bond donors (Lipinski definition) is 11. The summed E-state index contributed by atoms with van der Waals surface area (Å²) < 4.78 is 6.00. The standard InChI is InChI=1S/C40H50ClN13O11S/c1-51-14-20(9-27(51)31(55)6-7-32(43)44)47-37(61)29-11-22(16-53(29)3)49-39(63)30-12-23(17-54(30)4)48-38(62)28-10-21(15-52(28)2)46-35(59)24(41)18-66-19-26(36(60)45-13-34(57)58)50-33(56)8-5-25(42)40(64)65/h9-12,14-17,24-26H,5-8,13,18-19,42H2,1-4H3,(H3,43,44)(H,45,60)(H,46,59)(H,47,61)(H,48,62)(H,49,63)(H,50,56)(H,57,58)(H,64,65). The molecule has 0 bridgehead atoms. The Hall–Kier alpha value is -7.38. The van der Waals surface area contributed by atoms with Gasteiger partial charge >= 0.3 is 11.9 Å². The maximum Gasteiger partial charge on any atom is 0.322 e. The van der Waals surface area contributed by atoms with Gasteiger partial charge in [0, 0.05) is 83.7 Å². The SMILES string of the molecule is Cn1cc(NC(=O)c2cc(NC(=O)c3cc(NC(=O)c4cc(NC(=O)C(Cl)CSCC(NC(=O)CCC(N)C(=O)O)C(=O)NCC(=O)O)cn4C)cn3C)cn2C)cc1C(=O)CCC(=N)N. The lowest BCUT2D eigenvalue weighted by Gasteiger charge is -2.19. The molecule has 0 saturated heterocycles. The second-order valence-electron chi connectivity index (χ2n) is 14.9. The number of hydrogen-bond acceptors (Lipinski definition) is 12. The zero-order chi connectivity index (χ0) is 49.0. The fourth-order valence-corrected chi connectivity index (χ4v) is 7.47. The highest BCUT2D eigenvalue weighted by molar-refractivity contribution is 7.99. The monoisotopic (exact) mass is 955 g/mol. The molecule has 26 heteroatoms. The van der Waals surface area contributed by atoms with Gasteiger partial charge in [-0.3, -0.25) is 48.6 Å². The molecular weight excluding hydrogens is 906 g/mol. The number of nitrogens with zero attached hydrogens (tertiary/aromatic N) is 4. The summed E-state index contributed by atoms with van der Waals surface area (Å²) in [5, 5.41) is 39.4. The van der Waals surface area contributed by atoms with Crippen LogP contribution in [-0.4, -0.2) is 123 Å². The number of amides is 6. The predicted octanol–water partition coefficient (Wildman–Crippen LogP) is 0.853. The van der Waals surface area contributed by atoms with E-state index in [2.05, 4.69) is 31.9 Å². The van der Waals surface area contributed by atoms with Crippen molar-refractivity contribution >= 4 is 105 Å². The van der Waals surface area contributed by atoms with Gasteiger partial charge in [-0.25, -0.2) is 0 Å². The zero-order valence-electron chi connectivity index (χ0n) is 36.1. The van der Waals surface area contributed by atoms with Gasteiger partial charge in [-0.1, -0.05) is 0 Å². The van der Waals surface area contributed by atoms with Gasteiger partial charge < -0.3 is 71.8 Å². The topological polar surface area (TPSA) is 362 Å². The lowest BCUT2D eigenvalue weighted by Crippen LogP contribution is -2.49. The number of carbonyl (C=O) groups is 9. The van der Waals surface area contributed by atoms with Crippen LogP contribution >= 0.6 is 23.4 Å². The smallest absolute Gasteiger partial charge is 0.322 e. The van der Waals surface area contributed by atoms with Crippen molar-refractivity contribution in [3.8, 4) is 0 Å². The number of rotatable bonds is 24. The normalized spacial score (nSPS) is 12.3. The number of ketones is 1. The fraction of sp³-hybridized carbons (Fsp3) is 0.350. The number of aliphatic carboxylic acids is 2. The van der Waals surface area contributed by atoms with Crippen molar-refractivity contribution < 1.29 is 53.4 Å². The number of thioether (sulfide) groups is 1. The Labute approximate surface area is 385 Å². The number of nitrogens with two attached hydrogens (primary N) is 2. The van der Waals surface area contributed by atoms with Gasteiger partial charge in [0.15, 0.2) is 5.78 Å². The number of carboxylic acids is 2. The van der Waals surface area contributed by atoms with Crippen LogP contribution in [0.2, 0.25) is 0 Å². The van der Waals surface area contributed by atoms with E-state index in [0.717, 1.165) is 11.8 Å². The van der Waals surface area contributed by atoms with Crippen LogP contribution in [0.5, 0.6) is 0 Å². The molecule has 0 aliphatic heterocycles. The first-order chi connectivity index (χ1) is 31.0. The van der Waals surface area contributed by atoms with Crippen molar-refractivity contribution in [3.05, 3.63) is 71.8 Å². The predicted molar refractivity (Wildman–Crippen MR) is 244 cm³/mol. The van der Waals surface area contributed by atoms with Crippen LogP contribution in [0.25, 0.3) is 0 Å². The highest BCUT2D eigenvalue weighted by Gasteiger charge is 2.25. The third-order valence-corrected chi connectivity index (χ3v) is 11.2. The Morgan fingerprint density at radius 3 is 1.55 bits per heavy atom. The molecule has 3 unspecified atom stereocenters. The van der Waals surface area contributed by atoms with Crippen LogP contribution in [0.3, 0.4) is 0 Å². The molecule has 4 aromatic heterocycles. The number of carboxylic acid groups (broad SMARTS) is 2. The zero-order valence-corrected chi connectivity index (χ0v) is 37.7. The third-order valence-electron chi connectivity index (χ3n) is 9.56. The molecule has 4 aromatic rings. The van der Waals surface area contributed by atoms with E-state index in [1.165, 1.54) is 56.6 Å². The summed E-state index contributed by atoms with van der Waals surface area (Å²) in [4.78, 5) is 112. The first-order valence-corrected chi connectivity index (χ1v) is 21.4. The summed E-state index contributed by atoms with van der Waals surface area (Å²) in [6.07, 6.45) is 5.72. The van der Waals surface area contributed by atoms with Crippen molar-refractivity contribution in [2.75, 3.05) is 39.3 Å². The molecule has 4 rings (SSSR count). The Morgan fingerprint density at radius 2 is 1.11 bits per heavy atom. The van der Waals surface area contributed by atoms with Crippen molar-refractivity contribution in [2.45, 2.75) is 43.1 Å². The highest BCUT2D eigenvalue weighted by Crippen LogP contribution is 2.22. The Kier molecular flexibility index (Phi) is 17.9. The summed E-state index contributed by atoms with van der Waals surface area (Å²) in [5.74, 6) is -7.01. The van der Waals surface area contributed by atoms with Crippen molar-refractivity contribution in [1.29, 1.82) is 5.41 Å². The van der Waals surface area contributed by atoms with E-state index in [0.29, 0.717) is 17.1 Å². The van der Waals surface area contributed by atoms with Gasteiger partial charge in [0.2, 0.25) is 17.7 Å². The average molecular weight is 956 g/mol. The molecule has 0 radical (unpaired) electrons. The van der Waals surface area contributed by atoms with Gasteiger partial charge in [-0.2, -0.15) is 11.8 Å². The van der Waals surface area contributed by atoms with E-state index in [-0.39, 0.29) is 77.3 Å². The Bertz CT molecular complexity index is 2540. The van der Waals surface area contributed by atoms with Crippen LogP contribution in [0, 0.1) is 5.41 Å². The Morgan fingerprint density at radius 1 is 0.667 bits per heavy atom. The third kappa shape index (κ3) is 14.6. The summed E-state index contributed by atoms with van der Waals surface area (Å²) in [5.41, 5.74) is 12.8. The number of halogens is 1. The molecule has 0 saturated carbocycles. The Balaban J connectivity index is 1.30. The van der Waals surface area contributed by atoms with Crippen LogP contribution < -0.4 is 43.4 Å². The summed E-state index contributed by atoms with van der Waals surface area (Å²) in [7, 11) is 6.42. The molecule has 0 aliphatic rings. The first-order valence-electron chi connectivity index (χ1n) is 19.8. The molecule has 0 aromatic carbocycles. The van der Waals surface area contributed by atoms with Crippen molar-refractivity contribution in [3.63, 3.8) is 0 Å². The number of Topliss-reactive ketones (excluding diaryl/α,β-unsaturated/α-hetero) is 1. The van der Waals surface area contributed by atoms with E-state index in [4.69, 9.17) is 38.7 Å². The van der Waals surface area contributed by atoms with E-state index in [1.807, 2.05) is 0 Å². The number of anilines is 4. The maximum atomic E-state index is 13.3. The first kappa shape index (κ1) is 51.3. The molecule has 3 atom stereocenters. The minimum absolute atomic E-state index is 0.0475. The van der Waals surface area contributed by atoms with E-state index in [1.54, 1.807) is 39.0 Å². The molecule has 66 heavy (non-hydrogen) atoms. The van der Waals surface area contributed by atoms with Crippen LogP contribution in [0.15, 0.2) is 49.1 Å². The molecule has 0 aliphatic carbocycles. The van der Waals surface area contributed by atoms with Crippen LogP contribution in [0.4, 0.5) is 22.7 Å². The van der Waals surface area contributed by atoms with Gasteiger partial charge in [-0.05, 0) is 30.7 Å². The van der Waals surface area contributed by atoms with E-state index >= 15 is 0 Å². The molecule has 354 valence electrons. The summed E-state index contributed by atoms with van der Waals surface area (Å²) in [6, 6.07) is 3.27. The van der Waals surface area contributed by atoms with Gasteiger partial charge in [-0.15, -0.1) is 11.6 Å². The van der Waals surface area contributed by atoms with Gasteiger partial charge in [0.1, 0.15) is 41.1 Å². The minimum Gasteiger partial charge on any atom is -0.480 e. The minimum atomic E-state index is -1.33. The summed E-state index contributed by atoms with van der Waals surface area (Å²) in [6.45, 7) is -0.724. The lowest BCUT2D eigenvalue weighted by atomic mass is 10.1. The van der Waals surface area contributed by atoms with Crippen molar-refractivity contribution in [2.24, 2.45) is 39.7 Å². The van der Waals surface area contributed by atoms with Crippen LogP contribution in [0.1, 0.15) is 67.6 Å². The number of aryl methyl sites for hydroxylation is 4. The number of alkyl halides is 1. The largest absolute Gasteiger partial charge is 0.480 e. The second-order valence-corrected chi connectivity index (χ2v) is 16.5. The van der Waals surface area contributed by atoms with Gasteiger partial charge in [0.05, 0.1) is 34.3 Å². The highest BCUT2D eigenvalue weighted by atomic mass is 35.5. The van der Waals surface area contributed by atoms with Gasteiger partial charge in [0.25, 0.3) is 17.7 Å². The fourth-order valence-electron chi connectivity index (χ4n) is 6.18. The molecule has 24 nitrogen and oxygen atoms in total. The molecule has 0 spiro atoms. The molecule has 0 fully saturated rings. The number of nitrogens with one attached hydrogen (secondary N) is 7. The quantitative estimate of drug-likeness (QED) is 0.0201. The van der Waals surface area contributed by atoms with E-state index < -0.39 is 71.4 Å².